The Morgan fingerprint density at radius 1 is 1.14 bits per heavy atom. The lowest BCUT2D eigenvalue weighted by Gasteiger charge is -2.22. The number of aromatic nitrogens is 2. The van der Waals surface area contributed by atoms with E-state index in [0.29, 0.717) is 6.04 Å². The molecule has 2 N–H and O–H groups in total. The van der Waals surface area contributed by atoms with Crippen molar-refractivity contribution in [3.05, 3.63) is 53.7 Å². The Morgan fingerprint density at radius 2 is 1.95 bits per heavy atom. The summed E-state index contributed by atoms with van der Waals surface area (Å²) in [6.45, 7) is 0.842. The molecule has 0 radical (unpaired) electrons. The molecule has 0 fully saturated rings. The van der Waals surface area contributed by atoms with E-state index in [0.717, 1.165) is 22.6 Å². The lowest BCUT2D eigenvalue weighted by atomic mass is 10.1. The van der Waals surface area contributed by atoms with Gasteiger partial charge in [-0.1, -0.05) is 30.3 Å². The fourth-order valence-corrected chi connectivity index (χ4v) is 3.20. The van der Waals surface area contributed by atoms with Crippen LogP contribution >= 0.6 is 11.3 Å². The van der Waals surface area contributed by atoms with Crippen molar-refractivity contribution in [2.24, 2.45) is 0 Å². The average Bonchev–Trinajstić information content (AvgIpc) is 2.97. The Hall–Kier alpha value is -1.98. The molecule has 0 amide bonds. The number of thiophene rings is 1. The molecule has 0 saturated heterocycles. The summed E-state index contributed by atoms with van der Waals surface area (Å²) in [4.78, 5) is 11.1. The number of hydrogen-bond donors (Lipinski definition) is 2. The third-order valence-electron chi connectivity index (χ3n) is 3.63. The number of rotatable bonds is 5. The Kier molecular flexibility index (Phi) is 4.13. The summed E-state index contributed by atoms with van der Waals surface area (Å²) < 4.78 is 0. The van der Waals surface area contributed by atoms with Crippen LogP contribution in [-0.4, -0.2) is 30.6 Å². The number of nitrogens with zero attached hydrogens (tertiary/aromatic N) is 2. The SMILES string of the molecule is C[NH+](C)[C@H](CNc1ncnc2sccc12)c1ccccc1. The van der Waals surface area contributed by atoms with Crippen LogP contribution < -0.4 is 10.2 Å². The second kappa shape index (κ2) is 6.20. The van der Waals surface area contributed by atoms with Gasteiger partial charge in [0, 0.05) is 5.56 Å². The van der Waals surface area contributed by atoms with E-state index in [9.17, 15) is 0 Å². The molecule has 4 nitrogen and oxygen atoms in total. The minimum atomic E-state index is 0.384. The smallest absolute Gasteiger partial charge is 0.138 e. The van der Waals surface area contributed by atoms with Gasteiger partial charge in [0.15, 0.2) is 0 Å². The highest BCUT2D eigenvalue weighted by Gasteiger charge is 2.18. The van der Waals surface area contributed by atoms with Crippen LogP contribution in [0.4, 0.5) is 5.82 Å². The molecular weight excluding hydrogens is 280 g/mol. The normalized spacial score (nSPS) is 12.7. The van der Waals surface area contributed by atoms with Gasteiger partial charge < -0.3 is 10.2 Å². The highest BCUT2D eigenvalue weighted by atomic mass is 32.1. The van der Waals surface area contributed by atoms with E-state index in [1.54, 1.807) is 17.7 Å². The number of fused-ring (bicyclic) bond motifs is 1. The molecule has 0 bridgehead atoms. The van der Waals surface area contributed by atoms with Gasteiger partial charge in [0.1, 0.15) is 23.0 Å². The maximum absolute atomic E-state index is 4.38. The number of likely N-dealkylation sites (N-methyl/N-ethyl adjacent to an activating group) is 1. The quantitative estimate of drug-likeness (QED) is 0.757. The van der Waals surface area contributed by atoms with E-state index < -0.39 is 0 Å². The first kappa shape index (κ1) is 14.0. The first-order valence-corrected chi connectivity index (χ1v) is 7.90. The fraction of sp³-hybridized carbons (Fsp3) is 0.250. The number of benzene rings is 1. The van der Waals surface area contributed by atoms with Crippen LogP contribution in [0.5, 0.6) is 0 Å². The zero-order valence-electron chi connectivity index (χ0n) is 12.2. The predicted molar refractivity (Wildman–Crippen MR) is 87.9 cm³/mol. The average molecular weight is 299 g/mol. The largest absolute Gasteiger partial charge is 0.363 e. The van der Waals surface area contributed by atoms with Gasteiger partial charge in [-0.05, 0) is 11.4 Å². The fourth-order valence-electron chi connectivity index (χ4n) is 2.47. The molecule has 3 aromatic rings. The molecule has 5 heteroatoms. The monoisotopic (exact) mass is 299 g/mol. The molecule has 1 atom stereocenters. The Bertz CT molecular complexity index is 708. The van der Waals surface area contributed by atoms with Crippen LogP contribution in [0, 0.1) is 0 Å². The van der Waals surface area contributed by atoms with E-state index in [2.05, 4.69) is 71.2 Å². The van der Waals surface area contributed by atoms with Crippen molar-refractivity contribution in [2.45, 2.75) is 6.04 Å². The van der Waals surface area contributed by atoms with Crippen LogP contribution in [0.1, 0.15) is 11.6 Å². The van der Waals surface area contributed by atoms with Gasteiger partial charge >= 0.3 is 0 Å². The first-order valence-electron chi connectivity index (χ1n) is 7.03. The van der Waals surface area contributed by atoms with E-state index in [1.165, 1.54) is 10.5 Å². The number of anilines is 1. The number of nitrogens with one attached hydrogen (secondary N) is 2. The van der Waals surface area contributed by atoms with Crippen molar-refractivity contribution in [1.29, 1.82) is 0 Å². The van der Waals surface area contributed by atoms with Crippen molar-refractivity contribution in [1.82, 2.24) is 9.97 Å². The molecule has 21 heavy (non-hydrogen) atoms. The Morgan fingerprint density at radius 3 is 2.71 bits per heavy atom. The van der Waals surface area contributed by atoms with Gasteiger partial charge in [-0.25, -0.2) is 9.97 Å². The van der Waals surface area contributed by atoms with E-state index in [-0.39, 0.29) is 0 Å². The summed E-state index contributed by atoms with van der Waals surface area (Å²) in [6.07, 6.45) is 1.63. The maximum Gasteiger partial charge on any atom is 0.138 e. The molecule has 0 aliphatic rings. The van der Waals surface area contributed by atoms with E-state index in [1.807, 2.05) is 0 Å². The van der Waals surface area contributed by atoms with Gasteiger partial charge in [0.25, 0.3) is 0 Å². The van der Waals surface area contributed by atoms with Crippen LogP contribution in [0.15, 0.2) is 48.1 Å². The summed E-state index contributed by atoms with van der Waals surface area (Å²) in [5.74, 6) is 0.920. The molecule has 2 aromatic heterocycles. The van der Waals surface area contributed by atoms with Crippen molar-refractivity contribution in [2.75, 3.05) is 26.0 Å². The molecule has 1 aromatic carbocycles. The topological polar surface area (TPSA) is 42.2 Å². The van der Waals surface area contributed by atoms with Gasteiger partial charge in [-0.15, -0.1) is 11.3 Å². The van der Waals surface area contributed by atoms with Gasteiger partial charge in [-0.2, -0.15) is 0 Å². The lowest BCUT2D eigenvalue weighted by molar-refractivity contribution is -0.890. The predicted octanol–water partition coefficient (Wildman–Crippen LogP) is 1.99. The molecule has 0 unspecified atom stereocenters. The molecule has 0 spiro atoms. The molecule has 0 aliphatic heterocycles. The minimum Gasteiger partial charge on any atom is -0.363 e. The van der Waals surface area contributed by atoms with Gasteiger partial charge in [0.05, 0.1) is 26.0 Å². The van der Waals surface area contributed by atoms with E-state index in [4.69, 9.17) is 0 Å². The first-order chi connectivity index (χ1) is 10.3. The summed E-state index contributed by atoms with van der Waals surface area (Å²) in [5, 5.41) is 6.64. The minimum absolute atomic E-state index is 0.384. The molecular formula is C16H19N4S+. The van der Waals surface area contributed by atoms with Crippen molar-refractivity contribution >= 4 is 27.4 Å². The zero-order chi connectivity index (χ0) is 14.7. The summed E-state index contributed by atoms with van der Waals surface area (Å²) in [7, 11) is 4.36. The maximum atomic E-state index is 4.38. The summed E-state index contributed by atoms with van der Waals surface area (Å²) >= 11 is 1.64. The molecule has 108 valence electrons. The van der Waals surface area contributed by atoms with Crippen LogP contribution in [0.25, 0.3) is 10.2 Å². The second-order valence-corrected chi connectivity index (χ2v) is 6.18. The highest BCUT2D eigenvalue weighted by molar-refractivity contribution is 7.16. The molecule has 0 aliphatic carbocycles. The molecule has 0 saturated carbocycles. The van der Waals surface area contributed by atoms with Crippen LogP contribution in [0.3, 0.4) is 0 Å². The summed E-state index contributed by atoms with van der Waals surface area (Å²) in [5.41, 5.74) is 1.33. The molecule has 2 heterocycles. The summed E-state index contributed by atoms with van der Waals surface area (Å²) in [6, 6.07) is 13.1. The second-order valence-electron chi connectivity index (χ2n) is 5.28. The van der Waals surface area contributed by atoms with Crippen molar-refractivity contribution < 1.29 is 4.90 Å². The van der Waals surface area contributed by atoms with Crippen molar-refractivity contribution in [3.8, 4) is 0 Å². The van der Waals surface area contributed by atoms with Crippen LogP contribution in [0.2, 0.25) is 0 Å². The third kappa shape index (κ3) is 3.04. The highest BCUT2D eigenvalue weighted by Crippen LogP contribution is 2.24. The zero-order valence-corrected chi connectivity index (χ0v) is 13.0. The number of hydrogen-bond acceptors (Lipinski definition) is 4. The molecule has 3 rings (SSSR count). The standard InChI is InChI=1S/C16H18N4S/c1-20(2)14(12-6-4-3-5-7-12)10-17-15-13-8-9-21-16(13)19-11-18-15/h3-9,11,14H,10H2,1-2H3,(H,17,18,19)/p+1/t14-/m1/s1. The number of quaternary nitrogens is 1. The Balaban J connectivity index is 1.80. The van der Waals surface area contributed by atoms with Gasteiger partial charge in [-0.3, -0.25) is 0 Å². The van der Waals surface area contributed by atoms with Gasteiger partial charge in [0.2, 0.25) is 0 Å². The van der Waals surface area contributed by atoms with E-state index >= 15 is 0 Å². The van der Waals surface area contributed by atoms with Crippen LogP contribution in [-0.2, 0) is 0 Å². The lowest BCUT2D eigenvalue weighted by Crippen LogP contribution is -3.06. The third-order valence-corrected chi connectivity index (χ3v) is 4.45. The van der Waals surface area contributed by atoms with Crippen molar-refractivity contribution in [3.63, 3.8) is 0 Å². The Labute approximate surface area is 128 Å².